The lowest BCUT2D eigenvalue weighted by Crippen LogP contribution is -2.34. The fraction of sp³-hybridized carbons (Fsp3) is 0.360. The lowest BCUT2D eigenvalue weighted by molar-refractivity contribution is 0.0776. The van der Waals surface area contributed by atoms with Gasteiger partial charge in [-0.15, -0.1) is 0 Å². The highest BCUT2D eigenvalue weighted by atomic mass is 35.5. The topological polar surface area (TPSA) is 38.2 Å². The Morgan fingerprint density at radius 2 is 2.00 bits per heavy atom. The van der Waals surface area contributed by atoms with Crippen molar-refractivity contribution < 1.29 is 9.13 Å². The molecule has 1 aromatic heterocycles. The Morgan fingerprint density at radius 3 is 2.77 bits per heavy atom. The van der Waals surface area contributed by atoms with Gasteiger partial charge in [0.2, 0.25) is 0 Å². The fourth-order valence-electron chi connectivity index (χ4n) is 3.93. The smallest absolute Gasteiger partial charge is 0.143 e. The van der Waals surface area contributed by atoms with Crippen molar-refractivity contribution in [1.29, 1.82) is 0 Å². The standard InChI is InChI=1S/C25H27ClFN3O/c1-2-30-22(4-3-11-28-21-6-7-23(26)24(27)16-21)15-19-14-18(5-8-25(19)30)17-29-20-9-12-31-13-10-20/h5-8,14-16,20,28-29H,2,9-13,17H2,1H3. The van der Waals surface area contributed by atoms with Gasteiger partial charge in [-0.25, -0.2) is 4.39 Å². The molecular weight excluding hydrogens is 413 g/mol. The molecule has 162 valence electrons. The van der Waals surface area contributed by atoms with Crippen LogP contribution < -0.4 is 10.6 Å². The number of hydrogen-bond acceptors (Lipinski definition) is 3. The van der Waals surface area contributed by atoms with Crippen molar-refractivity contribution in [3.05, 3.63) is 64.6 Å². The second-order valence-corrected chi connectivity index (χ2v) is 8.13. The minimum atomic E-state index is -0.437. The van der Waals surface area contributed by atoms with E-state index >= 15 is 0 Å². The molecule has 4 nitrogen and oxygen atoms in total. The van der Waals surface area contributed by atoms with Crippen molar-refractivity contribution in [2.24, 2.45) is 0 Å². The minimum Gasteiger partial charge on any atom is -0.381 e. The van der Waals surface area contributed by atoms with Crippen LogP contribution in [0.5, 0.6) is 0 Å². The van der Waals surface area contributed by atoms with Crippen LogP contribution in [0.1, 0.15) is 31.0 Å². The summed E-state index contributed by atoms with van der Waals surface area (Å²) >= 11 is 5.72. The molecule has 2 heterocycles. The lowest BCUT2D eigenvalue weighted by Gasteiger charge is -2.23. The predicted molar refractivity (Wildman–Crippen MR) is 125 cm³/mol. The first-order chi connectivity index (χ1) is 15.1. The minimum absolute atomic E-state index is 0.117. The van der Waals surface area contributed by atoms with E-state index in [0.717, 1.165) is 44.8 Å². The van der Waals surface area contributed by atoms with Gasteiger partial charge in [0.15, 0.2) is 0 Å². The molecule has 6 heteroatoms. The number of aryl methyl sites for hydroxylation is 1. The zero-order valence-electron chi connectivity index (χ0n) is 17.7. The van der Waals surface area contributed by atoms with E-state index in [9.17, 15) is 4.39 Å². The zero-order chi connectivity index (χ0) is 21.6. The van der Waals surface area contributed by atoms with Crippen LogP contribution in [0, 0.1) is 17.7 Å². The number of ether oxygens (including phenoxy) is 1. The van der Waals surface area contributed by atoms with Crippen LogP contribution in [0.3, 0.4) is 0 Å². The van der Waals surface area contributed by atoms with Gasteiger partial charge in [0, 0.05) is 48.9 Å². The Labute approximate surface area is 187 Å². The van der Waals surface area contributed by atoms with Crippen molar-refractivity contribution >= 4 is 28.2 Å². The van der Waals surface area contributed by atoms with Crippen LogP contribution in [0.4, 0.5) is 10.1 Å². The maximum absolute atomic E-state index is 13.5. The van der Waals surface area contributed by atoms with Gasteiger partial charge in [-0.2, -0.15) is 0 Å². The number of fused-ring (bicyclic) bond motifs is 1. The molecule has 0 atom stereocenters. The average Bonchev–Trinajstić information content (AvgIpc) is 3.15. The molecule has 4 rings (SSSR count). The molecule has 1 saturated heterocycles. The molecule has 0 amide bonds. The Bertz CT molecular complexity index is 1110. The third-order valence-electron chi connectivity index (χ3n) is 5.62. The molecule has 3 aromatic rings. The van der Waals surface area contributed by atoms with Crippen LogP contribution in [0.25, 0.3) is 10.9 Å². The Kier molecular flexibility index (Phi) is 7.14. The molecule has 1 aliphatic heterocycles. The summed E-state index contributed by atoms with van der Waals surface area (Å²) in [6, 6.07) is 14.0. The molecule has 2 N–H and O–H groups in total. The molecule has 0 aliphatic carbocycles. The molecule has 0 spiro atoms. The normalized spacial score (nSPS) is 14.4. The van der Waals surface area contributed by atoms with Crippen LogP contribution in [0.15, 0.2) is 42.5 Å². The summed E-state index contributed by atoms with van der Waals surface area (Å²) < 4.78 is 21.2. The van der Waals surface area contributed by atoms with Gasteiger partial charge < -0.3 is 19.9 Å². The molecule has 1 aliphatic rings. The van der Waals surface area contributed by atoms with Crippen LogP contribution in [0.2, 0.25) is 5.02 Å². The van der Waals surface area contributed by atoms with Crippen LogP contribution in [-0.4, -0.2) is 30.4 Å². The molecular formula is C25H27ClFN3O. The highest BCUT2D eigenvalue weighted by molar-refractivity contribution is 6.30. The summed E-state index contributed by atoms with van der Waals surface area (Å²) in [5, 5.41) is 8.07. The summed E-state index contributed by atoms with van der Waals surface area (Å²) in [6.45, 7) is 5.95. The number of nitrogens with zero attached hydrogens (tertiary/aromatic N) is 1. The summed E-state index contributed by atoms with van der Waals surface area (Å²) in [5.41, 5.74) is 4.11. The van der Waals surface area contributed by atoms with Crippen LogP contribution in [-0.2, 0) is 17.8 Å². The largest absolute Gasteiger partial charge is 0.381 e. The van der Waals surface area contributed by atoms with Gasteiger partial charge in [-0.05, 0) is 67.6 Å². The molecule has 2 aromatic carbocycles. The highest BCUT2D eigenvalue weighted by Gasteiger charge is 2.13. The second kappa shape index (κ2) is 10.2. The number of rotatable bonds is 6. The third-order valence-corrected chi connectivity index (χ3v) is 5.92. The lowest BCUT2D eigenvalue weighted by atomic mass is 10.1. The number of hydrogen-bond donors (Lipinski definition) is 2. The number of nitrogens with one attached hydrogen (secondary N) is 2. The first-order valence-electron chi connectivity index (χ1n) is 10.7. The molecule has 0 bridgehead atoms. The predicted octanol–water partition coefficient (Wildman–Crippen LogP) is 5.19. The van der Waals surface area contributed by atoms with Crippen molar-refractivity contribution in [2.75, 3.05) is 25.1 Å². The molecule has 0 unspecified atom stereocenters. The molecule has 0 radical (unpaired) electrons. The van der Waals surface area contributed by atoms with E-state index in [2.05, 4.69) is 58.2 Å². The summed E-state index contributed by atoms with van der Waals surface area (Å²) in [5.74, 6) is 5.96. The van der Waals surface area contributed by atoms with Crippen LogP contribution >= 0.6 is 11.6 Å². The fourth-order valence-corrected chi connectivity index (χ4v) is 4.04. The first kappa shape index (κ1) is 21.7. The Hall–Kier alpha value is -2.52. The maximum Gasteiger partial charge on any atom is 0.143 e. The van der Waals surface area contributed by atoms with Gasteiger partial charge in [0.05, 0.1) is 17.3 Å². The summed E-state index contributed by atoms with van der Waals surface area (Å²) in [6.07, 6.45) is 2.15. The number of halogens is 2. The van der Waals surface area contributed by atoms with E-state index in [0.29, 0.717) is 18.3 Å². The van der Waals surface area contributed by atoms with Crippen molar-refractivity contribution in [3.8, 4) is 11.8 Å². The van der Waals surface area contributed by atoms with E-state index in [4.69, 9.17) is 16.3 Å². The van der Waals surface area contributed by atoms with Gasteiger partial charge >= 0.3 is 0 Å². The maximum atomic E-state index is 13.5. The van der Waals surface area contributed by atoms with E-state index < -0.39 is 5.82 Å². The second-order valence-electron chi connectivity index (χ2n) is 7.72. The third kappa shape index (κ3) is 5.40. The van der Waals surface area contributed by atoms with Gasteiger partial charge in [0.1, 0.15) is 5.82 Å². The first-order valence-corrected chi connectivity index (χ1v) is 11.1. The molecule has 0 saturated carbocycles. The zero-order valence-corrected chi connectivity index (χ0v) is 18.4. The SMILES string of the molecule is CCn1c(C#CCNc2ccc(Cl)c(F)c2)cc2cc(CNC3CCOCC3)ccc21. The van der Waals surface area contributed by atoms with Gasteiger partial charge in [-0.1, -0.05) is 23.6 Å². The number of anilines is 1. The highest BCUT2D eigenvalue weighted by Crippen LogP contribution is 2.22. The Balaban J connectivity index is 1.43. The summed E-state index contributed by atoms with van der Waals surface area (Å²) in [7, 11) is 0. The van der Waals surface area contributed by atoms with Gasteiger partial charge in [-0.3, -0.25) is 0 Å². The average molecular weight is 440 g/mol. The van der Waals surface area contributed by atoms with Crippen molar-refractivity contribution in [3.63, 3.8) is 0 Å². The van der Waals surface area contributed by atoms with Crippen molar-refractivity contribution in [2.45, 2.75) is 38.9 Å². The monoisotopic (exact) mass is 439 g/mol. The quantitative estimate of drug-likeness (QED) is 0.519. The number of benzene rings is 2. The number of aromatic nitrogens is 1. The van der Waals surface area contributed by atoms with Gasteiger partial charge in [0.25, 0.3) is 0 Å². The van der Waals surface area contributed by atoms with E-state index in [1.54, 1.807) is 6.07 Å². The van der Waals surface area contributed by atoms with Crippen molar-refractivity contribution in [1.82, 2.24) is 9.88 Å². The van der Waals surface area contributed by atoms with E-state index in [-0.39, 0.29) is 5.02 Å². The van der Waals surface area contributed by atoms with E-state index in [1.807, 2.05) is 0 Å². The Morgan fingerprint density at radius 1 is 1.16 bits per heavy atom. The van der Waals surface area contributed by atoms with E-state index in [1.165, 1.54) is 28.6 Å². The molecule has 31 heavy (non-hydrogen) atoms. The summed E-state index contributed by atoms with van der Waals surface area (Å²) in [4.78, 5) is 0. The molecule has 1 fully saturated rings.